The number of hydrogen-bond acceptors (Lipinski definition) is 5. The van der Waals surface area contributed by atoms with Crippen molar-refractivity contribution >= 4 is 23.7 Å². The molecule has 4 rings (SSSR count). The highest BCUT2D eigenvalue weighted by Crippen LogP contribution is 2.44. The van der Waals surface area contributed by atoms with Crippen molar-refractivity contribution < 1.29 is 24.2 Å². The molecule has 0 saturated heterocycles. The largest absolute Gasteiger partial charge is 0.481 e. The van der Waals surface area contributed by atoms with E-state index in [4.69, 9.17) is 9.84 Å². The van der Waals surface area contributed by atoms with Gasteiger partial charge in [-0.1, -0.05) is 62.4 Å². The van der Waals surface area contributed by atoms with E-state index in [-0.39, 0.29) is 24.9 Å². The number of amides is 2. The first kappa shape index (κ1) is 23.9. The number of carboxylic acids is 1. The standard InChI is InChI=1S/C27H27N3O5/c1-16(2)25(26(33)29-18-12-11-17(28-14-18)13-24(31)32)30-27(34)35-15-23-21-9-5-3-7-19(21)20-8-4-6-10-22(20)23/h3-12,14,16,23,25H,13,15H2,1-2H3,(H,29,33)(H,30,34)(H,31,32)/t25-/m1/s1. The third-order valence-electron chi connectivity index (χ3n) is 5.99. The zero-order valence-electron chi connectivity index (χ0n) is 19.5. The maximum atomic E-state index is 12.8. The Bertz CT molecular complexity index is 1190. The van der Waals surface area contributed by atoms with Crippen molar-refractivity contribution in [3.63, 3.8) is 0 Å². The van der Waals surface area contributed by atoms with Crippen LogP contribution in [0, 0.1) is 5.92 Å². The number of carbonyl (C=O) groups is 3. The number of anilines is 1. The van der Waals surface area contributed by atoms with E-state index in [0.717, 1.165) is 22.3 Å². The Morgan fingerprint density at radius 1 is 0.971 bits per heavy atom. The molecule has 1 aliphatic rings. The van der Waals surface area contributed by atoms with Crippen LogP contribution in [0.5, 0.6) is 0 Å². The van der Waals surface area contributed by atoms with Crippen LogP contribution in [0.1, 0.15) is 36.6 Å². The average Bonchev–Trinajstić information content (AvgIpc) is 3.15. The van der Waals surface area contributed by atoms with Crippen LogP contribution in [0.4, 0.5) is 10.5 Å². The van der Waals surface area contributed by atoms with Crippen molar-refractivity contribution in [2.45, 2.75) is 32.2 Å². The minimum Gasteiger partial charge on any atom is -0.481 e. The smallest absolute Gasteiger partial charge is 0.407 e. The predicted molar refractivity (Wildman–Crippen MR) is 131 cm³/mol. The van der Waals surface area contributed by atoms with E-state index < -0.39 is 24.0 Å². The second-order valence-electron chi connectivity index (χ2n) is 8.79. The third kappa shape index (κ3) is 5.48. The second-order valence-corrected chi connectivity index (χ2v) is 8.79. The molecule has 0 spiro atoms. The van der Waals surface area contributed by atoms with Crippen LogP contribution in [0.3, 0.4) is 0 Å². The van der Waals surface area contributed by atoms with E-state index in [2.05, 4.69) is 27.8 Å². The molecular formula is C27H27N3O5. The molecular weight excluding hydrogens is 446 g/mol. The number of aromatic nitrogens is 1. The summed E-state index contributed by atoms with van der Waals surface area (Å²) in [4.78, 5) is 40.3. The molecule has 2 aromatic carbocycles. The molecule has 0 fully saturated rings. The summed E-state index contributed by atoms with van der Waals surface area (Å²) >= 11 is 0. The summed E-state index contributed by atoms with van der Waals surface area (Å²) < 4.78 is 5.58. The first-order valence-electron chi connectivity index (χ1n) is 11.4. The van der Waals surface area contributed by atoms with Crippen molar-refractivity contribution in [3.8, 4) is 11.1 Å². The highest BCUT2D eigenvalue weighted by molar-refractivity contribution is 5.96. The number of fused-ring (bicyclic) bond motifs is 3. The van der Waals surface area contributed by atoms with Gasteiger partial charge in [0.15, 0.2) is 0 Å². The highest BCUT2D eigenvalue weighted by atomic mass is 16.5. The lowest BCUT2D eigenvalue weighted by Gasteiger charge is -2.22. The molecule has 1 aliphatic carbocycles. The van der Waals surface area contributed by atoms with E-state index >= 15 is 0 Å². The molecule has 8 nitrogen and oxygen atoms in total. The lowest BCUT2D eigenvalue weighted by Crippen LogP contribution is -2.47. The number of aliphatic carboxylic acids is 1. The van der Waals surface area contributed by atoms with Crippen LogP contribution in [0.2, 0.25) is 0 Å². The number of hydrogen-bond donors (Lipinski definition) is 3. The number of pyridine rings is 1. The fourth-order valence-corrected chi connectivity index (χ4v) is 4.28. The number of nitrogens with zero attached hydrogens (tertiary/aromatic N) is 1. The number of benzene rings is 2. The Hall–Kier alpha value is -4.20. The number of carbonyl (C=O) groups excluding carboxylic acids is 2. The Balaban J connectivity index is 1.38. The Kier molecular flexibility index (Phi) is 7.10. The van der Waals surface area contributed by atoms with Gasteiger partial charge in [0, 0.05) is 5.92 Å². The Morgan fingerprint density at radius 3 is 2.14 bits per heavy atom. The van der Waals surface area contributed by atoms with Gasteiger partial charge < -0.3 is 20.5 Å². The number of ether oxygens (including phenoxy) is 1. The molecule has 3 N–H and O–H groups in total. The highest BCUT2D eigenvalue weighted by Gasteiger charge is 2.30. The van der Waals surface area contributed by atoms with Gasteiger partial charge in [-0.15, -0.1) is 0 Å². The van der Waals surface area contributed by atoms with Crippen LogP contribution in [-0.4, -0.2) is 40.7 Å². The molecule has 0 saturated carbocycles. The Labute approximate surface area is 203 Å². The van der Waals surface area contributed by atoms with Gasteiger partial charge in [0.25, 0.3) is 0 Å². The van der Waals surface area contributed by atoms with E-state index in [9.17, 15) is 14.4 Å². The van der Waals surface area contributed by atoms with Crippen LogP contribution in [0.15, 0.2) is 66.9 Å². The van der Waals surface area contributed by atoms with Gasteiger partial charge in [0.05, 0.1) is 24.0 Å². The number of nitrogens with one attached hydrogen (secondary N) is 2. The van der Waals surface area contributed by atoms with Crippen molar-refractivity contribution in [1.82, 2.24) is 10.3 Å². The lowest BCUT2D eigenvalue weighted by molar-refractivity contribution is -0.136. The first-order valence-corrected chi connectivity index (χ1v) is 11.4. The van der Waals surface area contributed by atoms with Gasteiger partial charge >= 0.3 is 12.1 Å². The molecule has 180 valence electrons. The average molecular weight is 474 g/mol. The van der Waals surface area contributed by atoms with Crippen molar-refractivity contribution in [2.24, 2.45) is 5.92 Å². The number of alkyl carbamates (subject to hydrolysis) is 1. The normalized spacial score (nSPS) is 13.0. The first-order chi connectivity index (χ1) is 16.8. The summed E-state index contributed by atoms with van der Waals surface area (Å²) in [6, 6.07) is 18.4. The van der Waals surface area contributed by atoms with Gasteiger partial charge in [-0.25, -0.2) is 4.79 Å². The second kappa shape index (κ2) is 10.4. The molecule has 1 atom stereocenters. The fraction of sp³-hybridized carbons (Fsp3) is 0.259. The summed E-state index contributed by atoms with van der Waals surface area (Å²) in [6.07, 6.45) is 0.517. The molecule has 1 aromatic heterocycles. The maximum absolute atomic E-state index is 12.8. The van der Waals surface area contributed by atoms with Crippen LogP contribution < -0.4 is 10.6 Å². The predicted octanol–water partition coefficient (Wildman–Crippen LogP) is 4.21. The monoisotopic (exact) mass is 473 g/mol. The summed E-state index contributed by atoms with van der Waals surface area (Å²) in [7, 11) is 0. The Morgan fingerprint density at radius 2 is 1.60 bits per heavy atom. The number of carboxylic acid groups (broad SMARTS) is 1. The van der Waals surface area contributed by atoms with Crippen LogP contribution in [0.25, 0.3) is 11.1 Å². The van der Waals surface area contributed by atoms with Gasteiger partial charge in [0.1, 0.15) is 12.6 Å². The number of rotatable bonds is 8. The van der Waals surface area contributed by atoms with E-state index in [1.54, 1.807) is 6.07 Å². The minimum atomic E-state index is -0.985. The quantitative estimate of drug-likeness (QED) is 0.451. The van der Waals surface area contributed by atoms with Crippen LogP contribution >= 0.6 is 0 Å². The van der Waals surface area contributed by atoms with Gasteiger partial charge in [0.2, 0.25) is 5.91 Å². The zero-order chi connectivity index (χ0) is 24.9. The molecule has 8 heteroatoms. The summed E-state index contributed by atoms with van der Waals surface area (Å²) in [5, 5.41) is 14.2. The van der Waals surface area contributed by atoms with Gasteiger partial charge in [-0.05, 0) is 40.3 Å². The summed E-state index contributed by atoms with van der Waals surface area (Å²) in [6.45, 7) is 3.80. The van der Waals surface area contributed by atoms with E-state index in [1.807, 2.05) is 50.2 Å². The molecule has 35 heavy (non-hydrogen) atoms. The summed E-state index contributed by atoms with van der Waals surface area (Å²) in [5.41, 5.74) is 5.29. The van der Waals surface area contributed by atoms with Crippen molar-refractivity contribution in [1.29, 1.82) is 0 Å². The van der Waals surface area contributed by atoms with E-state index in [0.29, 0.717) is 11.4 Å². The van der Waals surface area contributed by atoms with Crippen LogP contribution in [-0.2, 0) is 20.7 Å². The fourth-order valence-electron chi connectivity index (χ4n) is 4.28. The van der Waals surface area contributed by atoms with Crippen molar-refractivity contribution in [3.05, 3.63) is 83.7 Å². The SMILES string of the molecule is CC(C)[C@@H](NC(=O)OCC1c2ccccc2-c2ccccc21)C(=O)Nc1ccc(CC(=O)O)nc1. The van der Waals surface area contributed by atoms with Crippen molar-refractivity contribution in [2.75, 3.05) is 11.9 Å². The molecule has 0 unspecified atom stereocenters. The molecule has 1 heterocycles. The molecule has 2 amide bonds. The topological polar surface area (TPSA) is 118 Å². The minimum absolute atomic E-state index is 0.0742. The molecule has 0 radical (unpaired) electrons. The van der Waals surface area contributed by atoms with Gasteiger partial charge in [-0.2, -0.15) is 0 Å². The molecule has 0 aliphatic heterocycles. The molecule has 3 aromatic rings. The maximum Gasteiger partial charge on any atom is 0.407 e. The summed E-state index contributed by atoms with van der Waals surface area (Å²) in [5.74, 6) is -1.67. The van der Waals surface area contributed by atoms with E-state index in [1.165, 1.54) is 12.3 Å². The zero-order valence-corrected chi connectivity index (χ0v) is 19.5. The molecule has 0 bridgehead atoms. The third-order valence-corrected chi connectivity index (χ3v) is 5.99. The van der Waals surface area contributed by atoms with Gasteiger partial charge in [-0.3, -0.25) is 14.6 Å². The lowest BCUT2D eigenvalue weighted by atomic mass is 9.98.